The zero-order valence-corrected chi connectivity index (χ0v) is 8.72. The first kappa shape index (κ1) is 9.04. The lowest BCUT2D eigenvalue weighted by Gasteiger charge is -2.03. The lowest BCUT2D eigenvalue weighted by molar-refractivity contribution is 1.35. The Morgan fingerprint density at radius 2 is 1.75 bits per heavy atom. The highest BCUT2D eigenvalue weighted by molar-refractivity contribution is 6.04. The second kappa shape index (κ2) is 3.42. The fraction of sp³-hybridized carbons (Fsp3) is 0. The maximum atomic E-state index is 4.38. The van der Waals surface area contributed by atoms with E-state index in [4.69, 9.17) is 0 Å². The van der Waals surface area contributed by atoms with Gasteiger partial charge in [-0.25, -0.2) is 0 Å². The molecule has 0 fully saturated rings. The van der Waals surface area contributed by atoms with E-state index in [1.165, 1.54) is 0 Å². The highest BCUT2D eigenvalue weighted by atomic mass is 14.7. The van der Waals surface area contributed by atoms with Crippen LogP contribution in [0.15, 0.2) is 49.3 Å². The van der Waals surface area contributed by atoms with Gasteiger partial charge < -0.3 is 0 Å². The molecule has 2 aromatic heterocycles. The molecular weight excluding hydrogens is 196 g/mol. The largest absolute Gasteiger partial charge is 0.254 e. The Morgan fingerprint density at radius 1 is 0.938 bits per heavy atom. The minimum absolute atomic E-state index is 0.921. The molecular formula is C14H10N2. The van der Waals surface area contributed by atoms with Gasteiger partial charge in [0.15, 0.2) is 0 Å². The number of benzene rings is 1. The van der Waals surface area contributed by atoms with Gasteiger partial charge in [-0.05, 0) is 17.7 Å². The number of nitrogens with zero attached hydrogens (tertiary/aromatic N) is 2. The molecule has 2 nitrogen and oxygen atoms in total. The maximum Gasteiger partial charge on any atom is 0.0892 e. The Balaban J connectivity index is 2.52. The van der Waals surface area contributed by atoms with E-state index in [2.05, 4.69) is 28.7 Å². The number of para-hydroxylation sites is 1. The second-order valence-corrected chi connectivity index (χ2v) is 3.68. The molecule has 76 valence electrons. The van der Waals surface area contributed by atoms with Crippen molar-refractivity contribution in [1.29, 1.82) is 0 Å². The molecule has 16 heavy (non-hydrogen) atoms. The van der Waals surface area contributed by atoms with Gasteiger partial charge in [-0.15, -0.1) is 0 Å². The average molecular weight is 206 g/mol. The Morgan fingerprint density at radius 3 is 2.62 bits per heavy atom. The van der Waals surface area contributed by atoms with Crippen LogP contribution in [-0.2, 0) is 0 Å². The fourth-order valence-electron chi connectivity index (χ4n) is 1.87. The monoisotopic (exact) mass is 206 g/mol. The van der Waals surface area contributed by atoms with Crippen molar-refractivity contribution in [2.24, 2.45) is 0 Å². The maximum absolute atomic E-state index is 4.38. The van der Waals surface area contributed by atoms with Crippen molar-refractivity contribution in [1.82, 2.24) is 9.97 Å². The first-order valence-corrected chi connectivity index (χ1v) is 5.14. The molecule has 0 aliphatic carbocycles. The van der Waals surface area contributed by atoms with Crippen LogP contribution in [0.25, 0.3) is 27.9 Å². The smallest absolute Gasteiger partial charge is 0.0892 e. The van der Waals surface area contributed by atoms with Gasteiger partial charge in [0.05, 0.1) is 17.2 Å². The molecule has 0 spiro atoms. The van der Waals surface area contributed by atoms with Crippen LogP contribution in [-0.4, -0.2) is 9.97 Å². The van der Waals surface area contributed by atoms with Crippen LogP contribution in [0.1, 0.15) is 5.56 Å². The summed E-state index contributed by atoms with van der Waals surface area (Å²) in [5, 5.41) is 2.26. The van der Waals surface area contributed by atoms with Crippen molar-refractivity contribution in [3.63, 3.8) is 0 Å². The normalized spacial score (nSPS) is 10.8. The Hall–Kier alpha value is -2.22. The summed E-state index contributed by atoms with van der Waals surface area (Å²) in [5.41, 5.74) is 2.95. The first-order valence-electron chi connectivity index (χ1n) is 5.14. The molecule has 0 aliphatic heterocycles. The molecule has 0 N–H and O–H groups in total. The van der Waals surface area contributed by atoms with Gasteiger partial charge in [0.2, 0.25) is 0 Å². The van der Waals surface area contributed by atoms with Gasteiger partial charge in [0, 0.05) is 17.0 Å². The minimum atomic E-state index is 0.921. The minimum Gasteiger partial charge on any atom is -0.254 e. The summed E-state index contributed by atoms with van der Waals surface area (Å²) in [4.78, 5) is 8.74. The molecule has 0 atom stereocenters. The average Bonchev–Trinajstić information content (AvgIpc) is 2.38. The van der Waals surface area contributed by atoms with Crippen molar-refractivity contribution in [2.75, 3.05) is 0 Å². The Kier molecular flexibility index (Phi) is 1.93. The molecule has 3 aromatic rings. The summed E-state index contributed by atoms with van der Waals surface area (Å²) >= 11 is 0. The molecule has 0 saturated heterocycles. The number of hydrogen-bond acceptors (Lipinski definition) is 2. The third-order valence-electron chi connectivity index (χ3n) is 2.70. The zero-order chi connectivity index (χ0) is 11.0. The van der Waals surface area contributed by atoms with Gasteiger partial charge in [0.25, 0.3) is 0 Å². The topological polar surface area (TPSA) is 25.8 Å². The van der Waals surface area contributed by atoms with Crippen LogP contribution >= 0.6 is 0 Å². The third kappa shape index (κ3) is 1.27. The SMILES string of the molecule is C=Cc1cnc2cnc3ccccc3c2c1. The van der Waals surface area contributed by atoms with Crippen LogP contribution in [0.5, 0.6) is 0 Å². The van der Waals surface area contributed by atoms with E-state index in [1.807, 2.05) is 36.7 Å². The molecule has 0 aliphatic rings. The molecule has 0 bridgehead atoms. The fourth-order valence-corrected chi connectivity index (χ4v) is 1.87. The summed E-state index contributed by atoms with van der Waals surface area (Å²) in [6.07, 6.45) is 5.43. The Bertz CT molecular complexity index is 686. The van der Waals surface area contributed by atoms with E-state index in [0.29, 0.717) is 0 Å². The van der Waals surface area contributed by atoms with Crippen LogP contribution in [0.4, 0.5) is 0 Å². The van der Waals surface area contributed by atoms with Crippen molar-refractivity contribution in [3.05, 3.63) is 54.9 Å². The van der Waals surface area contributed by atoms with E-state index < -0.39 is 0 Å². The van der Waals surface area contributed by atoms with E-state index in [-0.39, 0.29) is 0 Å². The van der Waals surface area contributed by atoms with Gasteiger partial charge in [0.1, 0.15) is 0 Å². The summed E-state index contributed by atoms with van der Waals surface area (Å²) in [7, 11) is 0. The second-order valence-electron chi connectivity index (χ2n) is 3.68. The van der Waals surface area contributed by atoms with Crippen LogP contribution in [0, 0.1) is 0 Å². The van der Waals surface area contributed by atoms with Crippen molar-refractivity contribution >= 4 is 27.9 Å². The standard InChI is InChI=1S/C14H10N2/c1-2-10-7-12-11-5-3-4-6-13(11)16-9-14(12)15-8-10/h2-9H,1H2. The number of fused-ring (bicyclic) bond motifs is 3. The zero-order valence-electron chi connectivity index (χ0n) is 8.72. The van der Waals surface area contributed by atoms with E-state index in [0.717, 1.165) is 27.4 Å². The van der Waals surface area contributed by atoms with Crippen molar-refractivity contribution < 1.29 is 0 Å². The quantitative estimate of drug-likeness (QED) is 0.570. The highest BCUT2D eigenvalue weighted by Gasteiger charge is 2.02. The van der Waals surface area contributed by atoms with Gasteiger partial charge in [-0.3, -0.25) is 9.97 Å². The lowest BCUT2D eigenvalue weighted by Crippen LogP contribution is -1.85. The van der Waals surface area contributed by atoms with Crippen LogP contribution < -0.4 is 0 Å². The predicted molar refractivity (Wildman–Crippen MR) is 67.1 cm³/mol. The molecule has 0 saturated carbocycles. The van der Waals surface area contributed by atoms with Gasteiger partial charge >= 0.3 is 0 Å². The molecule has 2 heteroatoms. The summed E-state index contributed by atoms with van der Waals surface area (Å²) in [5.74, 6) is 0. The van der Waals surface area contributed by atoms with E-state index in [9.17, 15) is 0 Å². The highest BCUT2D eigenvalue weighted by Crippen LogP contribution is 2.22. The van der Waals surface area contributed by atoms with Gasteiger partial charge in [-0.2, -0.15) is 0 Å². The van der Waals surface area contributed by atoms with Crippen molar-refractivity contribution in [2.45, 2.75) is 0 Å². The first-order chi connectivity index (χ1) is 7.88. The van der Waals surface area contributed by atoms with Crippen LogP contribution in [0.2, 0.25) is 0 Å². The predicted octanol–water partition coefficient (Wildman–Crippen LogP) is 3.43. The number of pyridine rings is 2. The number of hydrogen-bond donors (Lipinski definition) is 0. The summed E-state index contributed by atoms with van der Waals surface area (Å²) < 4.78 is 0. The number of aromatic nitrogens is 2. The number of rotatable bonds is 1. The summed E-state index contributed by atoms with van der Waals surface area (Å²) in [6.45, 7) is 3.76. The van der Waals surface area contributed by atoms with Crippen molar-refractivity contribution in [3.8, 4) is 0 Å². The van der Waals surface area contributed by atoms with E-state index >= 15 is 0 Å². The molecule has 0 amide bonds. The van der Waals surface area contributed by atoms with E-state index in [1.54, 1.807) is 0 Å². The van der Waals surface area contributed by atoms with Crippen LogP contribution in [0.3, 0.4) is 0 Å². The molecule has 2 heterocycles. The third-order valence-corrected chi connectivity index (χ3v) is 2.70. The molecule has 3 rings (SSSR count). The molecule has 0 radical (unpaired) electrons. The summed E-state index contributed by atoms with van der Waals surface area (Å²) in [6, 6.07) is 10.2. The van der Waals surface area contributed by atoms with Gasteiger partial charge in [-0.1, -0.05) is 30.9 Å². The Labute approximate surface area is 93.3 Å². The molecule has 0 unspecified atom stereocenters. The lowest BCUT2D eigenvalue weighted by atomic mass is 10.1. The molecule has 1 aromatic carbocycles.